The molecule has 1 fully saturated rings. The van der Waals surface area contributed by atoms with Gasteiger partial charge in [-0.15, -0.1) is 0 Å². The van der Waals surface area contributed by atoms with Crippen LogP contribution in [0.4, 0.5) is 4.39 Å². The van der Waals surface area contributed by atoms with E-state index in [4.69, 9.17) is 5.11 Å². The minimum absolute atomic E-state index is 0.111. The molecule has 1 saturated carbocycles. The molecule has 3 N–H and O–H groups in total. The van der Waals surface area contributed by atoms with E-state index < -0.39 is 33.3 Å². The van der Waals surface area contributed by atoms with E-state index in [2.05, 4.69) is 10.0 Å². The summed E-state index contributed by atoms with van der Waals surface area (Å²) in [5.74, 6) is -2.17. The second-order valence-corrected chi connectivity index (χ2v) is 7.16. The molecular formula is C14H17FN2O5S. The van der Waals surface area contributed by atoms with Gasteiger partial charge in [-0.2, -0.15) is 0 Å². The Morgan fingerprint density at radius 1 is 1.22 bits per heavy atom. The first-order valence-corrected chi connectivity index (χ1v) is 8.53. The summed E-state index contributed by atoms with van der Waals surface area (Å²) in [6.45, 7) is -0.179. The fraction of sp³-hybridized carbons (Fsp3) is 0.429. The van der Waals surface area contributed by atoms with E-state index in [1.54, 1.807) is 0 Å². The topological polar surface area (TPSA) is 113 Å². The quantitative estimate of drug-likeness (QED) is 0.671. The molecule has 0 radical (unpaired) electrons. The van der Waals surface area contributed by atoms with Crippen molar-refractivity contribution >= 4 is 21.9 Å². The van der Waals surface area contributed by atoms with E-state index in [0.717, 1.165) is 30.7 Å². The molecule has 1 aromatic carbocycles. The van der Waals surface area contributed by atoms with Gasteiger partial charge in [0.25, 0.3) is 0 Å². The number of nitrogens with one attached hydrogen (secondary N) is 2. The van der Waals surface area contributed by atoms with Gasteiger partial charge in [0, 0.05) is 13.0 Å². The molecule has 0 atom stereocenters. The van der Waals surface area contributed by atoms with Crippen LogP contribution < -0.4 is 10.0 Å². The third-order valence-electron chi connectivity index (χ3n) is 3.76. The van der Waals surface area contributed by atoms with Gasteiger partial charge in [0.2, 0.25) is 15.9 Å². The highest BCUT2D eigenvalue weighted by molar-refractivity contribution is 7.89. The molecule has 0 aliphatic heterocycles. The third-order valence-corrected chi connectivity index (χ3v) is 5.24. The Balaban J connectivity index is 1.85. The first kappa shape index (κ1) is 17.4. The average molecular weight is 344 g/mol. The summed E-state index contributed by atoms with van der Waals surface area (Å²) in [4.78, 5) is 22.8. The molecule has 0 aromatic heterocycles. The van der Waals surface area contributed by atoms with Crippen molar-refractivity contribution in [3.8, 4) is 0 Å². The maximum absolute atomic E-state index is 12.8. The first-order chi connectivity index (χ1) is 10.8. The normalized spacial score (nSPS) is 16.4. The van der Waals surface area contributed by atoms with E-state index >= 15 is 0 Å². The zero-order valence-electron chi connectivity index (χ0n) is 12.2. The lowest BCUT2D eigenvalue weighted by Crippen LogP contribution is -2.59. The maximum Gasteiger partial charge on any atom is 0.329 e. The molecule has 0 spiro atoms. The van der Waals surface area contributed by atoms with Gasteiger partial charge in [0.15, 0.2) is 0 Å². The van der Waals surface area contributed by atoms with Gasteiger partial charge in [-0.1, -0.05) is 0 Å². The van der Waals surface area contributed by atoms with E-state index in [-0.39, 0.29) is 17.9 Å². The highest BCUT2D eigenvalue weighted by Gasteiger charge is 2.45. The van der Waals surface area contributed by atoms with Crippen molar-refractivity contribution in [3.63, 3.8) is 0 Å². The summed E-state index contributed by atoms with van der Waals surface area (Å²) >= 11 is 0. The monoisotopic (exact) mass is 344 g/mol. The smallest absolute Gasteiger partial charge is 0.329 e. The molecule has 1 aliphatic carbocycles. The summed E-state index contributed by atoms with van der Waals surface area (Å²) < 4.78 is 38.8. The maximum atomic E-state index is 12.8. The Morgan fingerprint density at radius 3 is 2.30 bits per heavy atom. The molecule has 23 heavy (non-hydrogen) atoms. The summed E-state index contributed by atoms with van der Waals surface area (Å²) in [6, 6.07) is 4.28. The molecule has 126 valence electrons. The predicted octanol–water partition coefficient (Wildman–Crippen LogP) is 0.618. The molecule has 0 bridgehead atoms. The predicted molar refractivity (Wildman–Crippen MR) is 78.6 cm³/mol. The Kier molecular flexibility index (Phi) is 5.00. The standard InChI is InChI=1S/C14H17FN2O5S/c15-10-2-4-11(5-3-10)23(21,22)16-9-6-12(18)17-14(13(19)20)7-1-8-14/h2-5,16H,1,6-9H2,(H,17,18)(H,19,20). The minimum Gasteiger partial charge on any atom is -0.480 e. The molecule has 9 heteroatoms. The zero-order valence-corrected chi connectivity index (χ0v) is 13.0. The van der Waals surface area contributed by atoms with Gasteiger partial charge < -0.3 is 10.4 Å². The number of hydrogen-bond donors (Lipinski definition) is 3. The van der Waals surface area contributed by atoms with Gasteiger partial charge in [0.1, 0.15) is 11.4 Å². The highest BCUT2D eigenvalue weighted by atomic mass is 32.2. The minimum atomic E-state index is -3.84. The highest BCUT2D eigenvalue weighted by Crippen LogP contribution is 2.32. The van der Waals surface area contributed by atoms with Crippen molar-refractivity contribution in [3.05, 3.63) is 30.1 Å². The number of rotatable bonds is 7. The van der Waals surface area contributed by atoms with Crippen molar-refractivity contribution in [2.24, 2.45) is 0 Å². The second-order valence-electron chi connectivity index (χ2n) is 5.39. The van der Waals surface area contributed by atoms with Crippen molar-refractivity contribution < 1.29 is 27.5 Å². The number of hydrogen-bond acceptors (Lipinski definition) is 4. The van der Waals surface area contributed by atoms with Gasteiger partial charge in [-0.05, 0) is 43.5 Å². The number of sulfonamides is 1. The molecule has 1 aromatic rings. The van der Waals surface area contributed by atoms with Gasteiger partial charge in [-0.3, -0.25) is 4.79 Å². The SMILES string of the molecule is O=C(CCNS(=O)(=O)c1ccc(F)cc1)NC1(C(=O)O)CCC1. The van der Waals surface area contributed by atoms with Crippen LogP contribution in [0.5, 0.6) is 0 Å². The largest absolute Gasteiger partial charge is 0.480 e. The number of halogens is 1. The number of aliphatic carboxylic acids is 1. The fourth-order valence-electron chi connectivity index (χ4n) is 2.25. The van der Waals surface area contributed by atoms with Crippen LogP contribution in [0.25, 0.3) is 0 Å². The van der Waals surface area contributed by atoms with Gasteiger partial charge >= 0.3 is 5.97 Å². The number of benzene rings is 1. The fourth-order valence-corrected chi connectivity index (χ4v) is 3.28. The van der Waals surface area contributed by atoms with Crippen LogP contribution >= 0.6 is 0 Å². The molecule has 2 rings (SSSR count). The van der Waals surface area contributed by atoms with Crippen molar-refractivity contribution in [1.82, 2.24) is 10.0 Å². The molecule has 7 nitrogen and oxygen atoms in total. The van der Waals surface area contributed by atoms with Crippen LogP contribution in [0.1, 0.15) is 25.7 Å². The lowest BCUT2D eigenvalue weighted by Gasteiger charge is -2.38. The number of carboxylic acids is 1. The van der Waals surface area contributed by atoms with Crippen LogP contribution in [0.2, 0.25) is 0 Å². The number of amides is 1. The first-order valence-electron chi connectivity index (χ1n) is 7.05. The van der Waals surface area contributed by atoms with Gasteiger partial charge in [0.05, 0.1) is 4.90 Å². The second kappa shape index (κ2) is 6.63. The summed E-state index contributed by atoms with van der Waals surface area (Å²) in [6.07, 6.45) is 1.28. The number of carbonyl (C=O) groups is 2. The van der Waals surface area contributed by atoms with Crippen LogP contribution in [-0.4, -0.2) is 37.5 Å². The zero-order chi connectivity index (χ0) is 17.1. The summed E-state index contributed by atoms with van der Waals surface area (Å²) in [5, 5.41) is 11.5. The Morgan fingerprint density at radius 2 is 1.83 bits per heavy atom. The number of carbonyl (C=O) groups excluding carboxylic acids is 1. The summed E-state index contributed by atoms with van der Waals surface area (Å²) in [5.41, 5.74) is -1.22. The van der Waals surface area contributed by atoms with Crippen molar-refractivity contribution in [2.45, 2.75) is 36.1 Å². The molecule has 0 unspecified atom stereocenters. The Labute approximate surface area is 132 Å². The number of carboxylic acid groups (broad SMARTS) is 1. The Hall–Kier alpha value is -2.00. The van der Waals surface area contributed by atoms with E-state index in [0.29, 0.717) is 12.8 Å². The lowest BCUT2D eigenvalue weighted by molar-refractivity contribution is -0.151. The van der Waals surface area contributed by atoms with E-state index in [1.807, 2.05) is 0 Å². The van der Waals surface area contributed by atoms with E-state index in [9.17, 15) is 22.4 Å². The van der Waals surface area contributed by atoms with Crippen LogP contribution in [0.15, 0.2) is 29.2 Å². The average Bonchev–Trinajstić information content (AvgIpc) is 2.42. The van der Waals surface area contributed by atoms with Crippen LogP contribution in [-0.2, 0) is 19.6 Å². The van der Waals surface area contributed by atoms with Crippen LogP contribution in [0, 0.1) is 5.82 Å². The van der Waals surface area contributed by atoms with Crippen molar-refractivity contribution in [2.75, 3.05) is 6.54 Å². The Bertz CT molecular complexity index is 698. The molecular weight excluding hydrogens is 327 g/mol. The van der Waals surface area contributed by atoms with Crippen molar-refractivity contribution in [1.29, 1.82) is 0 Å². The summed E-state index contributed by atoms with van der Waals surface area (Å²) in [7, 11) is -3.84. The molecule has 1 amide bonds. The molecule has 0 saturated heterocycles. The lowest BCUT2D eigenvalue weighted by atomic mass is 9.76. The van der Waals surface area contributed by atoms with Crippen LogP contribution in [0.3, 0.4) is 0 Å². The van der Waals surface area contributed by atoms with E-state index in [1.165, 1.54) is 0 Å². The third kappa shape index (κ3) is 4.05. The molecule has 0 heterocycles. The molecule has 1 aliphatic rings. The van der Waals surface area contributed by atoms with Gasteiger partial charge in [-0.25, -0.2) is 22.3 Å².